The van der Waals surface area contributed by atoms with Gasteiger partial charge in [-0.3, -0.25) is 4.79 Å². The van der Waals surface area contributed by atoms with Gasteiger partial charge < -0.3 is 19.7 Å². The van der Waals surface area contributed by atoms with Crippen molar-refractivity contribution in [3.8, 4) is 5.88 Å². The first-order valence-electron chi connectivity index (χ1n) is 6.19. The molecule has 2 rings (SSSR count). The summed E-state index contributed by atoms with van der Waals surface area (Å²) in [7, 11) is 0. The third-order valence-electron chi connectivity index (χ3n) is 2.62. The van der Waals surface area contributed by atoms with Crippen LogP contribution in [0, 0.1) is 6.92 Å². The van der Waals surface area contributed by atoms with Gasteiger partial charge in [0.15, 0.2) is 6.61 Å². The number of amides is 1. The van der Waals surface area contributed by atoms with Gasteiger partial charge in [-0.1, -0.05) is 24.3 Å². The van der Waals surface area contributed by atoms with E-state index in [1.807, 2.05) is 24.3 Å². The summed E-state index contributed by atoms with van der Waals surface area (Å²) < 4.78 is 9.99. The van der Waals surface area contributed by atoms with Crippen molar-refractivity contribution in [1.82, 2.24) is 10.5 Å². The van der Waals surface area contributed by atoms with Gasteiger partial charge >= 0.3 is 0 Å². The highest BCUT2D eigenvalue weighted by molar-refractivity contribution is 5.77. The molecule has 2 N–H and O–H groups in total. The standard InChI is InChI=1S/C14H16N2O4/c1-10-5-14(16-20-10)19-9-13(18)15-7-11-3-2-4-12(6-11)8-17/h2-6,17H,7-9H2,1H3,(H,15,18). The Morgan fingerprint density at radius 1 is 1.40 bits per heavy atom. The lowest BCUT2D eigenvalue weighted by atomic mass is 10.1. The summed E-state index contributed by atoms with van der Waals surface area (Å²) in [6, 6.07) is 8.98. The fraction of sp³-hybridized carbons (Fsp3) is 0.286. The Hall–Kier alpha value is -2.34. The molecule has 0 unspecified atom stereocenters. The molecule has 1 amide bonds. The van der Waals surface area contributed by atoms with Crippen LogP contribution in [-0.4, -0.2) is 22.8 Å². The summed E-state index contributed by atoms with van der Waals surface area (Å²) in [5.41, 5.74) is 1.73. The zero-order chi connectivity index (χ0) is 14.4. The molecule has 0 saturated heterocycles. The van der Waals surface area contributed by atoms with E-state index in [9.17, 15) is 4.79 Å². The van der Waals surface area contributed by atoms with Crippen molar-refractivity contribution in [3.63, 3.8) is 0 Å². The molecule has 1 aromatic carbocycles. The van der Waals surface area contributed by atoms with Crippen LogP contribution in [0.4, 0.5) is 0 Å². The number of ether oxygens (including phenoxy) is 1. The molecule has 0 atom stereocenters. The fourth-order valence-electron chi connectivity index (χ4n) is 1.64. The van der Waals surface area contributed by atoms with Gasteiger partial charge in [0.25, 0.3) is 11.8 Å². The molecule has 0 aliphatic carbocycles. The quantitative estimate of drug-likeness (QED) is 0.827. The molecule has 6 nitrogen and oxygen atoms in total. The van der Waals surface area contributed by atoms with E-state index in [-0.39, 0.29) is 19.1 Å². The highest BCUT2D eigenvalue weighted by Gasteiger charge is 2.06. The van der Waals surface area contributed by atoms with Crippen LogP contribution in [0.25, 0.3) is 0 Å². The first-order valence-corrected chi connectivity index (χ1v) is 6.19. The predicted molar refractivity (Wildman–Crippen MR) is 70.9 cm³/mol. The average Bonchev–Trinajstić information content (AvgIpc) is 2.89. The highest BCUT2D eigenvalue weighted by atomic mass is 16.5. The Balaban J connectivity index is 1.77. The number of aromatic nitrogens is 1. The zero-order valence-corrected chi connectivity index (χ0v) is 11.1. The summed E-state index contributed by atoms with van der Waals surface area (Å²) in [6.07, 6.45) is 0. The minimum atomic E-state index is -0.250. The molecule has 6 heteroatoms. The topological polar surface area (TPSA) is 84.6 Å². The number of hydrogen-bond acceptors (Lipinski definition) is 5. The normalized spacial score (nSPS) is 10.3. The van der Waals surface area contributed by atoms with Crippen LogP contribution in [-0.2, 0) is 17.9 Å². The maximum Gasteiger partial charge on any atom is 0.258 e. The Kier molecular flexibility index (Phi) is 4.73. The first kappa shape index (κ1) is 14.1. The van der Waals surface area contributed by atoms with Crippen molar-refractivity contribution < 1.29 is 19.2 Å². The lowest BCUT2D eigenvalue weighted by molar-refractivity contribution is -0.123. The van der Waals surface area contributed by atoms with Crippen molar-refractivity contribution >= 4 is 5.91 Å². The maximum absolute atomic E-state index is 11.6. The van der Waals surface area contributed by atoms with Gasteiger partial charge in [0, 0.05) is 12.6 Å². The van der Waals surface area contributed by atoms with E-state index < -0.39 is 0 Å². The number of carbonyl (C=O) groups is 1. The van der Waals surface area contributed by atoms with Crippen LogP contribution in [0.15, 0.2) is 34.9 Å². The lowest BCUT2D eigenvalue weighted by Crippen LogP contribution is -2.28. The average molecular weight is 276 g/mol. The molecule has 2 aromatic rings. The monoisotopic (exact) mass is 276 g/mol. The van der Waals surface area contributed by atoms with Crippen LogP contribution in [0.2, 0.25) is 0 Å². The second-order valence-electron chi connectivity index (χ2n) is 4.32. The number of aliphatic hydroxyl groups is 1. The molecule has 0 aliphatic heterocycles. The number of aryl methyl sites for hydroxylation is 1. The van der Waals surface area contributed by atoms with Crippen LogP contribution < -0.4 is 10.1 Å². The van der Waals surface area contributed by atoms with E-state index in [0.717, 1.165) is 11.1 Å². The third-order valence-corrected chi connectivity index (χ3v) is 2.62. The second kappa shape index (κ2) is 6.72. The van der Waals surface area contributed by atoms with Crippen molar-refractivity contribution in [3.05, 3.63) is 47.2 Å². The Morgan fingerprint density at radius 3 is 2.90 bits per heavy atom. The van der Waals surface area contributed by atoms with E-state index in [0.29, 0.717) is 18.2 Å². The molecular weight excluding hydrogens is 260 g/mol. The van der Waals surface area contributed by atoms with Crippen molar-refractivity contribution in [2.75, 3.05) is 6.61 Å². The molecular formula is C14H16N2O4. The van der Waals surface area contributed by atoms with Gasteiger partial charge in [-0.25, -0.2) is 0 Å². The summed E-state index contributed by atoms with van der Waals surface area (Å²) >= 11 is 0. The summed E-state index contributed by atoms with van der Waals surface area (Å²) in [5.74, 6) is 0.668. The van der Waals surface area contributed by atoms with E-state index in [1.165, 1.54) is 0 Å². The molecule has 0 radical (unpaired) electrons. The summed E-state index contributed by atoms with van der Waals surface area (Å²) in [6.45, 7) is 1.99. The molecule has 20 heavy (non-hydrogen) atoms. The Labute approximate surface area is 116 Å². The van der Waals surface area contributed by atoms with Crippen LogP contribution in [0.5, 0.6) is 5.88 Å². The Morgan fingerprint density at radius 2 is 2.20 bits per heavy atom. The van der Waals surface area contributed by atoms with E-state index in [2.05, 4.69) is 10.5 Å². The van der Waals surface area contributed by atoms with Crippen molar-refractivity contribution in [2.24, 2.45) is 0 Å². The number of benzene rings is 1. The zero-order valence-electron chi connectivity index (χ0n) is 11.1. The summed E-state index contributed by atoms with van der Waals surface area (Å²) in [5, 5.41) is 15.4. The minimum Gasteiger partial charge on any atom is -0.465 e. The van der Waals surface area contributed by atoms with E-state index >= 15 is 0 Å². The van der Waals surface area contributed by atoms with E-state index in [1.54, 1.807) is 13.0 Å². The molecule has 0 saturated carbocycles. The first-order chi connectivity index (χ1) is 9.67. The molecule has 0 bridgehead atoms. The largest absolute Gasteiger partial charge is 0.465 e. The predicted octanol–water partition coefficient (Wildman–Crippen LogP) is 1.17. The number of aliphatic hydroxyl groups excluding tert-OH is 1. The minimum absolute atomic E-state index is 0.0175. The molecule has 1 heterocycles. The van der Waals surface area contributed by atoms with Crippen molar-refractivity contribution in [2.45, 2.75) is 20.1 Å². The van der Waals surface area contributed by atoms with Gasteiger partial charge in [-0.2, -0.15) is 0 Å². The molecule has 0 aliphatic rings. The number of hydrogen-bond donors (Lipinski definition) is 2. The smallest absolute Gasteiger partial charge is 0.258 e. The van der Waals surface area contributed by atoms with Crippen molar-refractivity contribution in [1.29, 1.82) is 0 Å². The Bertz CT molecular complexity index is 580. The number of carbonyl (C=O) groups excluding carboxylic acids is 1. The molecule has 0 fully saturated rings. The fourth-order valence-corrected chi connectivity index (χ4v) is 1.64. The van der Waals surface area contributed by atoms with Crippen LogP contribution in [0.3, 0.4) is 0 Å². The maximum atomic E-state index is 11.6. The highest BCUT2D eigenvalue weighted by Crippen LogP contribution is 2.09. The summed E-state index contributed by atoms with van der Waals surface area (Å²) in [4.78, 5) is 11.6. The van der Waals surface area contributed by atoms with Gasteiger partial charge in [-0.15, -0.1) is 0 Å². The van der Waals surface area contributed by atoms with Crippen LogP contribution >= 0.6 is 0 Å². The van der Waals surface area contributed by atoms with Gasteiger partial charge in [0.1, 0.15) is 5.76 Å². The van der Waals surface area contributed by atoms with E-state index in [4.69, 9.17) is 14.4 Å². The lowest BCUT2D eigenvalue weighted by Gasteiger charge is -2.06. The molecule has 0 spiro atoms. The third kappa shape index (κ3) is 4.10. The SMILES string of the molecule is Cc1cc(OCC(=O)NCc2cccc(CO)c2)no1. The molecule has 1 aromatic heterocycles. The number of rotatable bonds is 6. The molecule has 106 valence electrons. The van der Waals surface area contributed by atoms with Crippen LogP contribution in [0.1, 0.15) is 16.9 Å². The number of nitrogens with one attached hydrogen (secondary N) is 1. The van der Waals surface area contributed by atoms with Gasteiger partial charge in [0.2, 0.25) is 0 Å². The van der Waals surface area contributed by atoms with Gasteiger partial charge in [0.05, 0.1) is 6.61 Å². The second-order valence-corrected chi connectivity index (χ2v) is 4.32. The van der Waals surface area contributed by atoms with Gasteiger partial charge in [-0.05, 0) is 23.2 Å². The number of nitrogens with zero attached hydrogens (tertiary/aromatic N) is 1.